The van der Waals surface area contributed by atoms with E-state index in [1.165, 1.54) is 24.1 Å². The lowest BCUT2D eigenvalue weighted by molar-refractivity contribution is 0.102. The summed E-state index contributed by atoms with van der Waals surface area (Å²) in [4.78, 5) is 12.5. The highest BCUT2D eigenvalue weighted by atomic mass is 32.2. The lowest BCUT2D eigenvalue weighted by Crippen LogP contribution is -2.12. The topological polar surface area (TPSA) is 61.4 Å². The number of carbonyl (C=O) groups excluding carboxylic acids is 1. The van der Waals surface area contributed by atoms with Gasteiger partial charge in [0.25, 0.3) is 5.91 Å². The molecule has 140 valence electrons. The van der Waals surface area contributed by atoms with E-state index in [1.807, 2.05) is 18.2 Å². The Morgan fingerprint density at radius 1 is 1.11 bits per heavy atom. The van der Waals surface area contributed by atoms with Crippen molar-refractivity contribution < 1.29 is 14.3 Å². The minimum absolute atomic E-state index is 0.254. The maximum Gasteiger partial charge on any atom is 0.255 e. The minimum Gasteiger partial charge on any atom is -0.512 e. The fourth-order valence-corrected chi connectivity index (χ4v) is 3.27. The molecule has 1 amide bonds. The Kier molecular flexibility index (Phi) is 6.19. The van der Waals surface area contributed by atoms with Gasteiger partial charge < -0.3 is 15.1 Å². The van der Waals surface area contributed by atoms with E-state index in [2.05, 4.69) is 10.0 Å². The lowest BCUT2D eigenvalue weighted by atomic mass is 10.00. The number of aliphatic hydroxyl groups excluding tert-OH is 1. The molecule has 0 saturated heterocycles. The van der Waals surface area contributed by atoms with Crippen LogP contribution in [0, 0.1) is 5.82 Å². The lowest BCUT2D eigenvalue weighted by Gasteiger charge is -2.10. The van der Waals surface area contributed by atoms with E-state index in [9.17, 15) is 14.3 Å². The van der Waals surface area contributed by atoms with Crippen molar-refractivity contribution in [3.63, 3.8) is 0 Å². The van der Waals surface area contributed by atoms with Gasteiger partial charge in [0.15, 0.2) is 0 Å². The molecule has 27 heavy (non-hydrogen) atoms. The molecule has 6 heteroatoms. The van der Waals surface area contributed by atoms with E-state index >= 15 is 0 Å². The number of aliphatic hydroxyl groups is 1. The van der Waals surface area contributed by atoms with Crippen LogP contribution >= 0.6 is 11.9 Å². The van der Waals surface area contributed by atoms with Gasteiger partial charge in [0.1, 0.15) is 5.82 Å². The van der Waals surface area contributed by atoms with Crippen molar-refractivity contribution in [2.75, 3.05) is 16.3 Å². The van der Waals surface area contributed by atoms with Crippen LogP contribution in [0.4, 0.5) is 15.8 Å². The summed E-state index contributed by atoms with van der Waals surface area (Å²) in [5.74, 6) is -0.227. The van der Waals surface area contributed by atoms with Crippen LogP contribution in [0.2, 0.25) is 0 Å². The molecule has 0 heterocycles. The van der Waals surface area contributed by atoms with Gasteiger partial charge in [-0.2, -0.15) is 0 Å². The van der Waals surface area contributed by atoms with E-state index in [1.54, 1.807) is 30.5 Å². The summed E-state index contributed by atoms with van der Waals surface area (Å²) < 4.78 is 16.5. The van der Waals surface area contributed by atoms with Gasteiger partial charge in [-0.15, -0.1) is 0 Å². The highest BCUT2D eigenvalue weighted by molar-refractivity contribution is 7.99. The summed E-state index contributed by atoms with van der Waals surface area (Å²) in [6.45, 7) is 0. The van der Waals surface area contributed by atoms with Gasteiger partial charge in [-0.3, -0.25) is 4.79 Å². The van der Waals surface area contributed by atoms with Crippen molar-refractivity contribution in [3.8, 4) is 0 Å². The molecule has 0 saturated carbocycles. The quantitative estimate of drug-likeness (QED) is 0.572. The van der Waals surface area contributed by atoms with Crippen LogP contribution < -0.4 is 10.0 Å². The number of carbonyl (C=O) groups is 1. The Bertz CT molecular complexity index is 892. The monoisotopic (exact) mass is 384 g/mol. The summed E-state index contributed by atoms with van der Waals surface area (Å²) in [6.07, 6.45) is 7.92. The summed E-state index contributed by atoms with van der Waals surface area (Å²) in [5, 5.41) is 12.4. The molecule has 0 aliphatic heterocycles. The average Bonchev–Trinajstić information content (AvgIpc) is 2.89. The van der Waals surface area contributed by atoms with Crippen molar-refractivity contribution in [1.82, 2.24) is 0 Å². The van der Waals surface area contributed by atoms with Crippen molar-refractivity contribution >= 4 is 34.8 Å². The Labute approximate surface area is 162 Å². The summed E-state index contributed by atoms with van der Waals surface area (Å²) >= 11 is 1.28. The molecule has 1 aliphatic rings. The molecule has 3 rings (SSSR count). The average molecular weight is 384 g/mol. The highest BCUT2D eigenvalue weighted by Gasteiger charge is 2.10. The molecule has 0 bridgehead atoms. The Morgan fingerprint density at radius 3 is 2.63 bits per heavy atom. The van der Waals surface area contributed by atoms with Crippen LogP contribution in [-0.4, -0.2) is 17.3 Å². The smallest absolute Gasteiger partial charge is 0.255 e. The first kappa shape index (κ1) is 19.0. The summed E-state index contributed by atoms with van der Waals surface area (Å²) in [7, 11) is 0. The fraction of sp³-hybridized carbons (Fsp3) is 0.190. The second kappa shape index (κ2) is 8.77. The van der Waals surface area contributed by atoms with Crippen molar-refractivity contribution in [2.45, 2.75) is 19.3 Å². The maximum absolute atomic E-state index is 13.7. The van der Waals surface area contributed by atoms with Crippen LogP contribution in [0.3, 0.4) is 0 Å². The molecule has 0 unspecified atom stereocenters. The summed E-state index contributed by atoms with van der Waals surface area (Å²) in [6, 6.07) is 11.8. The molecule has 0 aromatic heterocycles. The van der Waals surface area contributed by atoms with Crippen LogP contribution in [0.5, 0.6) is 0 Å². The van der Waals surface area contributed by atoms with Gasteiger partial charge in [0, 0.05) is 23.9 Å². The van der Waals surface area contributed by atoms with Gasteiger partial charge in [-0.1, -0.05) is 30.2 Å². The number of amides is 1. The predicted molar refractivity (Wildman–Crippen MR) is 110 cm³/mol. The Hall–Kier alpha value is -2.73. The number of nitrogens with one attached hydrogen (secondary N) is 2. The third-order valence-corrected chi connectivity index (χ3v) is 4.73. The van der Waals surface area contributed by atoms with Crippen molar-refractivity contribution in [1.29, 1.82) is 0 Å². The van der Waals surface area contributed by atoms with E-state index in [0.29, 0.717) is 29.1 Å². The van der Waals surface area contributed by atoms with E-state index in [4.69, 9.17) is 0 Å². The molecule has 3 N–H and O–H groups in total. The first-order valence-corrected chi connectivity index (χ1v) is 9.88. The molecule has 0 radical (unpaired) electrons. The van der Waals surface area contributed by atoms with Crippen LogP contribution in [0.25, 0.3) is 5.57 Å². The molecule has 4 nitrogen and oxygen atoms in total. The molecule has 0 spiro atoms. The zero-order chi connectivity index (χ0) is 19.2. The first-order valence-electron chi connectivity index (χ1n) is 8.66. The third kappa shape index (κ3) is 4.92. The SMILES string of the molecule is CSNc1cc(NC(=O)c2ccc(C3=CC=C(O)CCC3)cc2)ccc1F. The zero-order valence-corrected chi connectivity index (χ0v) is 15.8. The van der Waals surface area contributed by atoms with Crippen LogP contribution in [-0.2, 0) is 0 Å². The maximum atomic E-state index is 13.7. The molecular formula is C21H21FN2O2S. The number of hydrogen-bond acceptors (Lipinski definition) is 4. The second-order valence-electron chi connectivity index (χ2n) is 6.24. The molecule has 0 atom stereocenters. The van der Waals surface area contributed by atoms with E-state index < -0.39 is 0 Å². The first-order chi connectivity index (χ1) is 13.1. The Balaban J connectivity index is 1.72. The second-order valence-corrected chi connectivity index (χ2v) is 6.85. The van der Waals surface area contributed by atoms with Gasteiger partial charge in [-0.05, 0) is 60.4 Å². The van der Waals surface area contributed by atoms with Gasteiger partial charge in [0.05, 0.1) is 11.4 Å². The third-order valence-electron chi connectivity index (χ3n) is 4.31. The van der Waals surface area contributed by atoms with E-state index in [0.717, 1.165) is 24.0 Å². The minimum atomic E-state index is -0.372. The largest absolute Gasteiger partial charge is 0.512 e. The molecular weight excluding hydrogens is 363 g/mol. The number of rotatable bonds is 5. The molecule has 2 aromatic rings. The van der Waals surface area contributed by atoms with Crippen LogP contribution in [0.1, 0.15) is 35.2 Å². The highest BCUT2D eigenvalue weighted by Crippen LogP contribution is 2.26. The number of allylic oxidation sites excluding steroid dienone is 4. The van der Waals surface area contributed by atoms with E-state index in [-0.39, 0.29) is 11.7 Å². The van der Waals surface area contributed by atoms with Gasteiger partial charge in [0.2, 0.25) is 0 Å². The Morgan fingerprint density at radius 2 is 1.89 bits per heavy atom. The number of benzene rings is 2. The normalized spacial score (nSPS) is 14.0. The summed E-state index contributed by atoms with van der Waals surface area (Å²) in [5.41, 5.74) is 3.54. The predicted octanol–water partition coefficient (Wildman–Crippen LogP) is 5.78. The zero-order valence-electron chi connectivity index (χ0n) is 15.0. The number of anilines is 2. The number of hydrogen-bond donors (Lipinski definition) is 3. The van der Waals surface area contributed by atoms with Crippen molar-refractivity contribution in [3.05, 3.63) is 77.3 Å². The van der Waals surface area contributed by atoms with Gasteiger partial charge in [-0.25, -0.2) is 4.39 Å². The molecule has 2 aromatic carbocycles. The fourth-order valence-electron chi connectivity index (χ4n) is 2.89. The molecule has 1 aliphatic carbocycles. The van der Waals surface area contributed by atoms with Crippen molar-refractivity contribution in [2.24, 2.45) is 0 Å². The number of halogens is 1. The molecule has 0 fully saturated rings. The standard InChI is InChI=1S/C21H21FN2O2S/c1-27-24-20-13-17(10-12-19(20)22)23-21(26)16-7-5-15(6-8-16)14-3-2-4-18(25)11-9-14/h5-13,24-25H,2-4H2,1H3,(H,23,26). The van der Waals surface area contributed by atoms with Gasteiger partial charge >= 0.3 is 0 Å². The van der Waals surface area contributed by atoms with Crippen LogP contribution in [0.15, 0.2) is 60.4 Å².